The molecular weight excluding hydrogens is 268 g/mol. The summed E-state index contributed by atoms with van der Waals surface area (Å²) in [5, 5.41) is 0. The van der Waals surface area contributed by atoms with E-state index in [0.717, 1.165) is 42.2 Å². The zero-order valence-corrected chi connectivity index (χ0v) is 12.2. The monoisotopic (exact) mass is 286 g/mol. The third kappa shape index (κ3) is 2.39. The number of hydrogen-bond acceptors (Lipinski definition) is 4. The van der Waals surface area contributed by atoms with Crippen LogP contribution in [0.2, 0.25) is 0 Å². The molecule has 21 heavy (non-hydrogen) atoms. The molecule has 0 aliphatic carbocycles. The van der Waals surface area contributed by atoms with Gasteiger partial charge >= 0.3 is 5.97 Å². The van der Waals surface area contributed by atoms with Gasteiger partial charge in [-0.15, -0.1) is 0 Å². The molecule has 0 radical (unpaired) electrons. The summed E-state index contributed by atoms with van der Waals surface area (Å²) in [4.78, 5) is 16.6. The zero-order valence-electron chi connectivity index (χ0n) is 12.2. The van der Waals surface area contributed by atoms with Crippen molar-refractivity contribution in [2.75, 3.05) is 14.2 Å². The van der Waals surface area contributed by atoms with Crippen LogP contribution < -0.4 is 4.74 Å². The first-order valence-corrected chi connectivity index (χ1v) is 7.03. The van der Waals surface area contributed by atoms with Crippen LogP contribution in [0.4, 0.5) is 0 Å². The van der Waals surface area contributed by atoms with Crippen LogP contribution in [0.1, 0.15) is 24.6 Å². The van der Waals surface area contributed by atoms with Gasteiger partial charge < -0.3 is 14.0 Å². The summed E-state index contributed by atoms with van der Waals surface area (Å²) >= 11 is 0. The van der Waals surface area contributed by atoms with Gasteiger partial charge in [-0.2, -0.15) is 0 Å². The minimum atomic E-state index is -0.271. The van der Waals surface area contributed by atoms with Gasteiger partial charge in [0.1, 0.15) is 17.5 Å². The molecule has 0 amide bonds. The highest BCUT2D eigenvalue weighted by atomic mass is 16.5. The van der Waals surface area contributed by atoms with Crippen molar-refractivity contribution < 1.29 is 14.3 Å². The molecule has 1 aliphatic heterocycles. The number of aryl methyl sites for hydroxylation is 1. The van der Waals surface area contributed by atoms with Crippen molar-refractivity contribution >= 4 is 5.97 Å². The molecule has 1 aromatic heterocycles. The van der Waals surface area contributed by atoms with Crippen LogP contribution in [0.3, 0.4) is 0 Å². The first-order valence-electron chi connectivity index (χ1n) is 7.03. The molecule has 1 aliphatic rings. The van der Waals surface area contributed by atoms with Crippen LogP contribution in [-0.2, 0) is 16.1 Å². The second-order valence-electron chi connectivity index (χ2n) is 5.10. The number of hydrogen-bond donors (Lipinski definition) is 0. The van der Waals surface area contributed by atoms with E-state index in [1.165, 1.54) is 7.11 Å². The summed E-state index contributed by atoms with van der Waals surface area (Å²) in [5.74, 6) is 1.08. The third-order valence-electron chi connectivity index (χ3n) is 3.88. The second-order valence-corrected chi connectivity index (χ2v) is 5.10. The number of carbonyl (C=O) groups excluding carboxylic acids is 1. The average molecular weight is 286 g/mol. The number of para-hydroxylation sites is 1. The van der Waals surface area contributed by atoms with Gasteiger partial charge in [-0.3, -0.25) is 4.79 Å². The number of fused-ring (bicyclic) bond motifs is 1. The zero-order chi connectivity index (χ0) is 14.8. The lowest BCUT2D eigenvalue weighted by Crippen LogP contribution is -2.23. The SMILES string of the molecule is COC(=O)C1CCCn2cc(-c3ccccc3OC)nc21. The Bertz CT molecular complexity index is 663. The Morgan fingerprint density at radius 3 is 2.90 bits per heavy atom. The molecule has 0 spiro atoms. The molecule has 0 fully saturated rings. The van der Waals surface area contributed by atoms with Gasteiger partial charge in [0.25, 0.3) is 0 Å². The van der Waals surface area contributed by atoms with Crippen molar-refractivity contribution in [3.8, 4) is 17.0 Å². The minimum absolute atomic E-state index is 0.215. The lowest BCUT2D eigenvalue weighted by Gasteiger charge is -2.20. The highest BCUT2D eigenvalue weighted by molar-refractivity contribution is 5.78. The van der Waals surface area contributed by atoms with E-state index in [9.17, 15) is 4.79 Å². The van der Waals surface area contributed by atoms with Crippen LogP contribution >= 0.6 is 0 Å². The van der Waals surface area contributed by atoms with Crippen molar-refractivity contribution in [3.63, 3.8) is 0 Å². The maximum absolute atomic E-state index is 11.9. The number of methoxy groups -OCH3 is 2. The summed E-state index contributed by atoms with van der Waals surface area (Å²) in [6.07, 6.45) is 3.73. The number of aromatic nitrogens is 2. The fraction of sp³-hybridized carbons (Fsp3) is 0.375. The number of nitrogens with zero attached hydrogens (tertiary/aromatic N) is 2. The second kappa shape index (κ2) is 5.60. The smallest absolute Gasteiger partial charge is 0.316 e. The van der Waals surface area contributed by atoms with Crippen LogP contribution in [-0.4, -0.2) is 29.7 Å². The summed E-state index contributed by atoms with van der Waals surface area (Å²) in [7, 11) is 3.07. The Hall–Kier alpha value is -2.30. The van der Waals surface area contributed by atoms with Crippen molar-refractivity contribution in [1.29, 1.82) is 0 Å². The molecule has 5 nitrogen and oxygen atoms in total. The Morgan fingerprint density at radius 2 is 2.14 bits per heavy atom. The maximum atomic E-state index is 11.9. The van der Waals surface area contributed by atoms with Crippen molar-refractivity contribution in [1.82, 2.24) is 9.55 Å². The number of ether oxygens (including phenoxy) is 2. The first-order chi connectivity index (χ1) is 10.2. The molecule has 5 heteroatoms. The fourth-order valence-corrected chi connectivity index (χ4v) is 2.83. The van der Waals surface area contributed by atoms with Gasteiger partial charge in [0.15, 0.2) is 0 Å². The van der Waals surface area contributed by atoms with Gasteiger partial charge in [-0.05, 0) is 25.0 Å². The largest absolute Gasteiger partial charge is 0.496 e. The van der Waals surface area contributed by atoms with Crippen molar-refractivity contribution in [3.05, 3.63) is 36.3 Å². The van der Waals surface area contributed by atoms with Crippen LogP contribution in [0.25, 0.3) is 11.3 Å². The Kier molecular flexibility index (Phi) is 3.64. The number of rotatable bonds is 3. The summed E-state index contributed by atoms with van der Waals surface area (Å²) < 4.78 is 12.3. The minimum Gasteiger partial charge on any atom is -0.496 e. The third-order valence-corrected chi connectivity index (χ3v) is 3.88. The number of esters is 1. The maximum Gasteiger partial charge on any atom is 0.316 e. The normalized spacial score (nSPS) is 17.1. The summed E-state index contributed by atoms with van der Waals surface area (Å²) in [6.45, 7) is 0.880. The number of imidazole rings is 1. The fourth-order valence-electron chi connectivity index (χ4n) is 2.83. The highest BCUT2D eigenvalue weighted by Crippen LogP contribution is 2.33. The van der Waals surface area contributed by atoms with Gasteiger partial charge in [0.05, 0.1) is 19.9 Å². The van der Waals surface area contributed by atoms with E-state index < -0.39 is 0 Å². The van der Waals surface area contributed by atoms with Crippen molar-refractivity contribution in [2.45, 2.75) is 25.3 Å². The van der Waals surface area contributed by atoms with E-state index in [1.54, 1.807) is 7.11 Å². The standard InChI is InChI=1S/C16H18N2O3/c1-20-14-8-4-3-6-11(14)13-10-18-9-5-7-12(15(18)17-13)16(19)21-2/h3-4,6,8,10,12H,5,7,9H2,1-2H3. The van der Waals surface area contributed by atoms with E-state index in [-0.39, 0.29) is 11.9 Å². The molecule has 2 aromatic rings. The van der Waals surface area contributed by atoms with Gasteiger partial charge in [0.2, 0.25) is 0 Å². The molecule has 110 valence electrons. The quantitative estimate of drug-likeness (QED) is 0.814. The topological polar surface area (TPSA) is 53.4 Å². The van der Waals surface area contributed by atoms with Crippen LogP contribution in [0.15, 0.2) is 30.5 Å². The Morgan fingerprint density at radius 1 is 1.33 bits per heavy atom. The van der Waals surface area contributed by atoms with E-state index >= 15 is 0 Å². The van der Waals surface area contributed by atoms with Crippen molar-refractivity contribution in [2.24, 2.45) is 0 Å². The summed E-state index contributed by atoms with van der Waals surface area (Å²) in [6, 6.07) is 7.76. The molecule has 0 N–H and O–H groups in total. The Balaban J connectivity index is 2.04. The van der Waals surface area contributed by atoms with E-state index in [0.29, 0.717) is 0 Å². The van der Waals surface area contributed by atoms with Gasteiger partial charge in [-0.25, -0.2) is 4.98 Å². The molecule has 1 unspecified atom stereocenters. The van der Waals surface area contributed by atoms with Gasteiger partial charge in [-0.1, -0.05) is 12.1 Å². The lowest BCUT2D eigenvalue weighted by atomic mass is 9.99. The molecule has 1 aromatic carbocycles. The number of carbonyl (C=O) groups is 1. The van der Waals surface area contributed by atoms with E-state index in [4.69, 9.17) is 9.47 Å². The predicted molar refractivity (Wildman–Crippen MR) is 78.2 cm³/mol. The van der Waals surface area contributed by atoms with E-state index in [2.05, 4.69) is 4.98 Å². The summed E-state index contributed by atoms with van der Waals surface area (Å²) in [5.41, 5.74) is 1.77. The highest BCUT2D eigenvalue weighted by Gasteiger charge is 2.30. The number of benzene rings is 1. The molecule has 2 heterocycles. The molecule has 1 atom stereocenters. The molecule has 0 bridgehead atoms. The predicted octanol–water partition coefficient (Wildman–Crippen LogP) is 2.61. The molecular formula is C16H18N2O3. The average Bonchev–Trinajstić information content (AvgIpc) is 2.97. The molecule has 0 saturated carbocycles. The molecule has 3 rings (SSSR count). The first kappa shape index (κ1) is 13.7. The van der Waals surface area contributed by atoms with E-state index in [1.807, 2.05) is 35.0 Å². The lowest BCUT2D eigenvalue weighted by molar-refractivity contribution is -0.143. The molecule has 0 saturated heterocycles. The van der Waals surface area contributed by atoms with Crippen LogP contribution in [0, 0.1) is 0 Å². The van der Waals surface area contributed by atoms with Gasteiger partial charge in [0, 0.05) is 18.3 Å². The Labute approximate surface area is 123 Å². The van der Waals surface area contributed by atoms with Crippen LogP contribution in [0.5, 0.6) is 5.75 Å².